The van der Waals surface area contributed by atoms with Gasteiger partial charge >= 0.3 is 6.09 Å². The van der Waals surface area contributed by atoms with Crippen LogP contribution in [0.25, 0.3) is 11.0 Å². The molecule has 0 aliphatic carbocycles. The lowest BCUT2D eigenvalue weighted by atomic mass is 10.2. The molecule has 0 spiro atoms. The number of aromatic amines is 1. The van der Waals surface area contributed by atoms with Crippen LogP contribution in [0.1, 0.15) is 11.4 Å². The molecule has 5 heteroatoms. The predicted octanol–water partition coefficient (Wildman–Crippen LogP) is 3.64. The number of fused-ring (bicyclic) bond motifs is 1. The maximum Gasteiger partial charge on any atom is 0.414 e. The van der Waals surface area contributed by atoms with E-state index in [1.54, 1.807) is 7.05 Å². The van der Waals surface area contributed by atoms with Crippen molar-refractivity contribution < 1.29 is 9.53 Å². The van der Waals surface area contributed by atoms with Crippen molar-refractivity contribution in [2.24, 2.45) is 0 Å². The number of aryl methyl sites for hydroxylation is 1. The van der Waals surface area contributed by atoms with E-state index in [0.29, 0.717) is 0 Å². The van der Waals surface area contributed by atoms with Crippen LogP contribution in [0, 0.1) is 6.92 Å². The highest BCUT2D eigenvalue weighted by atomic mass is 16.6. The molecule has 0 bridgehead atoms. The third-order valence-corrected chi connectivity index (χ3v) is 3.45. The molecule has 112 valence electrons. The number of H-pyrrole nitrogens is 1. The fourth-order valence-electron chi connectivity index (χ4n) is 2.26. The number of hydrogen-bond donors (Lipinski definition) is 1. The van der Waals surface area contributed by atoms with Crippen LogP contribution >= 0.6 is 0 Å². The molecule has 1 N–H and O–H groups in total. The third kappa shape index (κ3) is 2.93. The number of anilines is 1. The number of nitrogens with one attached hydrogen (secondary N) is 1. The monoisotopic (exact) mass is 295 g/mol. The van der Waals surface area contributed by atoms with Crippen LogP contribution in [0.2, 0.25) is 0 Å². The average molecular weight is 295 g/mol. The van der Waals surface area contributed by atoms with Gasteiger partial charge in [-0.3, -0.25) is 4.90 Å². The summed E-state index contributed by atoms with van der Waals surface area (Å²) in [5.74, 6) is 0.849. The molecular weight excluding hydrogens is 278 g/mol. The first kappa shape index (κ1) is 14.1. The van der Waals surface area contributed by atoms with Gasteiger partial charge in [-0.1, -0.05) is 30.3 Å². The number of aromatic nitrogens is 2. The van der Waals surface area contributed by atoms with E-state index in [1.807, 2.05) is 55.5 Å². The van der Waals surface area contributed by atoms with Gasteiger partial charge in [-0.05, 0) is 30.7 Å². The minimum absolute atomic E-state index is 0.259. The number of carbonyl (C=O) groups excluding carboxylic acids is 1. The molecule has 0 atom stereocenters. The molecule has 0 fully saturated rings. The second-order valence-corrected chi connectivity index (χ2v) is 5.12. The average Bonchev–Trinajstić information content (AvgIpc) is 2.92. The zero-order valence-corrected chi connectivity index (χ0v) is 12.5. The van der Waals surface area contributed by atoms with E-state index >= 15 is 0 Å². The maximum absolute atomic E-state index is 12.1. The Morgan fingerprint density at radius 2 is 2.00 bits per heavy atom. The van der Waals surface area contributed by atoms with Crippen LogP contribution < -0.4 is 4.90 Å². The van der Waals surface area contributed by atoms with E-state index in [-0.39, 0.29) is 12.7 Å². The van der Waals surface area contributed by atoms with Crippen molar-refractivity contribution in [2.45, 2.75) is 13.5 Å². The summed E-state index contributed by atoms with van der Waals surface area (Å²) in [6, 6.07) is 15.2. The normalized spacial score (nSPS) is 10.6. The summed E-state index contributed by atoms with van der Waals surface area (Å²) in [5, 5.41) is 0. The molecule has 0 aliphatic heterocycles. The van der Waals surface area contributed by atoms with Crippen LogP contribution in [0.4, 0.5) is 10.5 Å². The van der Waals surface area contributed by atoms with Crippen LogP contribution in [0.5, 0.6) is 0 Å². The number of ether oxygens (including phenoxy) is 1. The van der Waals surface area contributed by atoms with Crippen molar-refractivity contribution in [3.8, 4) is 0 Å². The van der Waals surface area contributed by atoms with Gasteiger partial charge in [-0.2, -0.15) is 0 Å². The minimum Gasteiger partial charge on any atom is -0.444 e. The molecule has 1 aromatic heterocycles. The molecule has 5 nitrogen and oxygen atoms in total. The predicted molar refractivity (Wildman–Crippen MR) is 85.9 cm³/mol. The van der Waals surface area contributed by atoms with Crippen molar-refractivity contribution >= 4 is 22.8 Å². The van der Waals surface area contributed by atoms with E-state index in [4.69, 9.17) is 4.74 Å². The Bertz CT molecular complexity index is 796. The SMILES string of the molecule is Cc1nc2ccc(N(C)C(=O)OCc3ccccc3)cc2[nH]1. The molecular formula is C17H17N3O2. The summed E-state index contributed by atoms with van der Waals surface area (Å²) in [5.41, 5.74) is 3.50. The van der Waals surface area contributed by atoms with Gasteiger partial charge < -0.3 is 9.72 Å². The number of rotatable bonds is 3. The second kappa shape index (κ2) is 5.89. The fourth-order valence-corrected chi connectivity index (χ4v) is 2.26. The van der Waals surface area contributed by atoms with E-state index in [9.17, 15) is 4.79 Å². The van der Waals surface area contributed by atoms with Gasteiger partial charge in [0.15, 0.2) is 0 Å². The number of hydrogen-bond acceptors (Lipinski definition) is 3. The minimum atomic E-state index is -0.389. The Labute approximate surface area is 128 Å². The van der Waals surface area contributed by atoms with Crippen molar-refractivity contribution in [1.82, 2.24) is 9.97 Å². The summed E-state index contributed by atoms with van der Waals surface area (Å²) in [6.07, 6.45) is -0.389. The molecule has 22 heavy (non-hydrogen) atoms. The van der Waals surface area contributed by atoms with Gasteiger partial charge in [-0.15, -0.1) is 0 Å². The first-order valence-corrected chi connectivity index (χ1v) is 7.04. The van der Waals surface area contributed by atoms with Crippen LogP contribution in [0.15, 0.2) is 48.5 Å². The number of imidazole rings is 1. The second-order valence-electron chi connectivity index (χ2n) is 5.12. The molecule has 0 saturated carbocycles. The zero-order valence-electron chi connectivity index (χ0n) is 12.5. The smallest absolute Gasteiger partial charge is 0.414 e. The molecule has 0 radical (unpaired) electrons. The van der Waals surface area contributed by atoms with E-state index in [1.165, 1.54) is 4.90 Å². The van der Waals surface area contributed by atoms with Crippen molar-refractivity contribution in [2.75, 3.05) is 11.9 Å². The summed E-state index contributed by atoms with van der Waals surface area (Å²) in [6.45, 7) is 2.16. The Hall–Kier alpha value is -2.82. The van der Waals surface area contributed by atoms with Crippen molar-refractivity contribution in [3.05, 3.63) is 59.9 Å². The molecule has 1 heterocycles. The van der Waals surface area contributed by atoms with Gasteiger partial charge in [-0.25, -0.2) is 9.78 Å². The Kier molecular flexibility index (Phi) is 3.78. The molecule has 3 rings (SSSR count). The van der Waals surface area contributed by atoms with Gasteiger partial charge in [0, 0.05) is 12.7 Å². The summed E-state index contributed by atoms with van der Waals surface area (Å²) in [7, 11) is 1.69. The highest BCUT2D eigenvalue weighted by Crippen LogP contribution is 2.20. The number of carbonyl (C=O) groups is 1. The Balaban J connectivity index is 1.71. The van der Waals surface area contributed by atoms with Crippen molar-refractivity contribution in [3.63, 3.8) is 0 Å². The maximum atomic E-state index is 12.1. The lowest BCUT2D eigenvalue weighted by molar-refractivity contribution is 0.148. The van der Waals surface area contributed by atoms with E-state index in [0.717, 1.165) is 28.1 Å². The van der Waals surface area contributed by atoms with Gasteiger partial charge in [0.2, 0.25) is 0 Å². The quantitative estimate of drug-likeness (QED) is 0.802. The lowest BCUT2D eigenvalue weighted by Gasteiger charge is -2.17. The van der Waals surface area contributed by atoms with Crippen LogP contribution in [0.3, 0.4) is 0 Å². The first-order chi connectivity index (χ1) is 10.6. The highest BCUT2D eigenvalue weighted by molar-refractivity contribution is 5.90. The van der Waals surface area contributed by atoms with Crippen LogP contribution in [-0.4, -0.2) is 23.1 Å². The number of amides is 1. The van der Waals surface area contributed by atoms with Crippen LogP contribution in [-0.2, 0) is 11.3 Å². The number of benzene rings is 2. The van der Waals surface area contributed by atoms with E-state index in [2.05, 4.69) is 9.97 Å². The highest BCUT2D eigenvalue weighted by Gasteiger charge is 2.13. The lowest BCUT2D eigenvalue weighted by Crippen LogP contribution is -2.26. The molecule has 0 saturated heterocycles. The fraction of sp³-hybridized carbons (Fsp3) is 0.176. The summed E-state index contributed by atoms with van der Waals surface area (Å²) < 4.78 is 5.32. The molecule has 3 aromatic rings. The largest absolute Gasteiger partial charge is 0.444 e. The van der Waals surface area contributed by atoms with Gasteiger partial charge in [0.1, 0.15) is 12.4 Å². The Morgan fingerprint density at radius 3 is 2.77 bits per heavy atom. The molecule has 0 aliphatic rings. The zero-order chi connectivity index (χ0) is 15.5. The number of nitrogens with zero attached hydrogens (tertiary/aromatic N) is 2. The van der Waals surface area contributed by atoms with E-state index < -0.39 is 0 Å². The van der Waals surface area contributed by atoms with Gasteiger partial charge in [0.25, 0.3) is 0 Å². The Morgan fingerprint density at radius 1 is 1.23 bits per heavy atom. The van der Waals surface area contributed by atoms with Crippen molar-refractivity contribution in [1.29, 1.82) is 0 Å². The van der Waals surface area contributed by atoms with Gasteiger partial charge in [0.05, 0.1) is 11.0 Å². The summed E-state index contributed by atoms with van der Waals surface area (Å²) in [4.78, 5) is 21.1. The standard InChI is InChI=1S/C17H17N3O2/c1-12-18-15-9-8-14(10-16(15)19-12)20(2)17(21)22-11-13-6-4-3-5-7-13/h3-10H,11H2,1-2H3,(H,18,19). The first-order valence-electron chi connectivity index (χ1n) is 7.04. The topological polar surface area (TPSA) is 58.2 Å². The molecule has 0 unspecified atom stereocenters. The molecule has 1 amide bonds. The third-order valence-electron chi connectivity index (χ3n) is 3.45. The molecule has 2 aromatic carbocycles. The summed E-state index contributed by atoms with van der Waals surface area (Å²) >= 11 is 0.